The molecule has 1 aliphatic heterocycles. The number of nitrogens with zero attached hydrogens (tertiary/aromatic N) is 1. The standard InChI is InChI=1S/C18H25F3N2O.ClH/c1-12-7-8-23(16(9-12)11-22)17(24)10-13(2)14-3-5-15(6-4-14)18(19,20)21;/h3-6,12-13,16H,7-11,22H2,1-2H3;1H. The van der Waals surface area contributed by atoms with E-state index in [9.17, 15) is 18.0 Å². The van der Waals surface area contributed by atoms with Gasteiger partial charge in [0.1, 0.15) is 0 Å². The summed E-state index contributed by atoms with van der Waals surface area (Å²) in [7, 11) is 0. The van der Waals surface area contributed by atoms with Crippen molar-refractivity contribution < 1.29 is 18.0 Å². The normalized spacial score (nSPS) is 22.2. The Morgan fingerprint density at radius 1 is 1.32 bits per heavy atom. The Morgan fingerprint density at radius 3 is 2.44 bits per heavy atom. The van der Waals surface area contributed by atoms with Crippen LogP contribution in [0.3, 0.4) is 0 Å². The number of piperidine rings is 1. The van der Waals surface area contributed by atoms with Gasteiger partial charge in [-0.15, -0.1) is 12.4 Å². The summed E-state index contributed by atoms with van der Waals surface area (Å²) in [4.78, 5) is 14.4. The molecular weight excluding hydrogens is 353 g/mol. The summed E-state index contributed by atoms with van der Waals surface area (Å²) in [5.41, 5.74) is 5.87. The number of carbonyl (C=O) groups excluding carboxylic acids is 1. The van der Waals surface area contributed by atoms with Crippen molar-refractivity contribution in [2.45, 2.75) is 51.2 Å². The molecule has 3 unspecified atom stereocenters. The molecule has 1 aliphatic rings. The zero-order valence-corrected chi connectivity index (χ0v) is 15.4. The zero-order valence-electron chi connectivity index (χ0n) is 14.6. The number of nitrogens with two attached hydrogens (primary N) is 1. The number of halogens is 4. The maximum absolute atomic E-state index is 12.6. The second-order valence-corrected chi connectivity index (χ2v) is 6.83. The third kappa shape index (κ3) is 5.61. The Balaban J connectivity index is 0.00000312. The van der Waals surface area contributed by atoms with E-state index >= 15 is 0 Å². The molecule has 0 bridgehead atoms. The van der Waals surface area contributed by atoms with Crippen LogP contribution in [0, 0.1) is 5.92 Å². The first kappa shape index (κ1) is 21.8. The molecule has 1 aromatic rings. The fraction of sp³-hybridized carbons (Fsp3) is 0.611. The summed E-state index contributed by atoms with van der Waals surface area (Å²) in [6.07, 6.45) is -2.17. The van der Waals surface area contributed by atoms with E-state index < -0.39 is 11.7 Å². The van der Waals surface area contributed by atoms with Crippen LogP contribution in [0.25, 0.3) is 0 Å². The van der Waals surface area contributed by atoms with Crippen LogP contribution in [0.2, 0.25) is 0 Å². The van der Waals surface area contributed by atoms with Crippen molar-refractivity contribution in [3.63, 3.8) is 0 Å². The van der Waals surface area contributed by atoms with Crippen LogP contribution in [0.15, 0.2) is 24.3 Å². The quantitative estimate of drug-likeness (QED) is 0.853. The Bertz CT molecular complexity index is 562. The van der Waals surface area contributed by atoms with Crippen LogP contribution in [-0.4, -0.2) is 29.9 Å². The van der Waals surface area contributed by atoms with Gasteiger partial charge >= 0.3 is 6.18 Å². The summed E-state index contributed by atoms with van der Waals surface area (Å²) in [5, 5.41) is 0. The van der Waals surface area contributed by atoms with Crippen LogP contribution < -0.4 is 5.73 Å². The van der Waals surface area contributed by atoms with Gasteiger partial charge in [0.2, 0.25) is 5.91 Å². The van der Waals surface area contributed by atoms with Gasteiger partial charge in [0.05, 0.1) is 5.56 Å². The van der Waals surface area contributed by atoms with Crippen LogP contribution >= 0.6 is 12.4 Å². The molecule has 0 saturated carbocycles. The molecule has 0 aromatic heterocycles. The monoisotopic (exact) mass is 378 g/mol. The molecule has 3 atom stereocenters. The number of likely N-dealkylation sites (tertiary alicyclic amines) is 1. The number of hydrogen-bond acceptors (Lipinski definition) is 2. The van der Waals surface area contributed by atoms with Gasteiger partial charge in [-0.1, -0.05) is 26.0 Å². The fourth-order valence-electron chi connectivity index (χ4n) is 3.30. The van der Waals surface area contributed by atoms with E-state index in [1.807, 2.05) is 11.8 Å². The zero-order chi connectivity index (χ0) is 17.9. The molecule has 3 nitrogen and oxygen atoms in total. The van der Waals surface area contributed by atoms with E-state index in [1.54, 1.807) is 0 Å². The molecule has 2 N–H and O–H groups in total. The highest BCUT2D eigenvalue weighted by Crippen LogP contribution is 2.31. The maximum atomic E-state index is 12.6. The number of carbonyl (C=O) groups is 1. The second-order valence-electron chi connectivity index (χ2n) is 6.83. The summed E-state index contributed by atoms with van der Waals surface area (Å²) in [6, 6.07) is 5.13. The smallest absolute Gasteiger partial charge is 0.338 e. The maximum Gasteiger partial charge on any atom is 0.416 e. The number of amides is 1. The minimum atomic E-state index is -4.34. The predicted molar refractivity (Wildman–Crippen MR) is 94.7 cm³/mol. The van der Waals surface area contributed by atoms with Crippen molar-refractivity contribution >= 4 is 18.3 Å². The molecule has 0 aliphatic carbocycles. The highest BCUT2D eigenvalue weighted by molar-refractivity contribution is 5.85. The van der Waals surface area contributed by atoms with Gasteiger partial charge in [-0.05, 0) is 42.4 Å². The topological polar surface area (TPSA) is 46.3 Å². The number of benzene rings is 1. The Hall–Kier alpha value is -1.27. The minimum absolute atomic E-state index is 0. The summed E-state index contributed by atoms with van der Waals surface area (Å²) < 4.78 is 37.8. The fourth-order valence-corrected chi connectivity index (χ4v) is 3.30. The first-order chi connectivity index (χ1) is 11.2. The highest BCUT2D eigenvalue weighted by atomic mass is 35.5. The lowest BCUT2D eigenvalue weighted by Gasteiger charge is -2.38. The van der Waals surface area contributed by atoms with Gasteiger partial charge in [0, 0.05) is 25.6 Å². The predicted octanol–water partition coefficient (Wildman–Crippen LogP) is 4.21. The molecule has 1 amide bonds. The molecule has 1 saturated heterocycles. The Kier molecular flexibility index (Phi) is 7.75. The van der Waals surface area contributed by atoms with Gasteiger partial charge in [-0.2, -0.15) is 13.2 Å². The van der Waals surface area contributed by atoms with E-state index in [0.29, 0.717) is 19.0 Å². The van der Waals surface area contributed by atoms with E-state index in [2.05, 4.69) is 6.92 Å². The van der Waals surface area contributed by atoms with Crippen molar-refractivity contribution in [3.8, 4) is 0 Å². The Labute approximate surface area is 153 Å². The third-order valence-electron chi connectivity index (χ3n) is 4.86. The number of alkyl halides is 3. The van der Waals surface area contributed by atoms with Crippen LogP contribution in [0.4, 0.5) is 13.2 Å². The Morgan fingerprint density at radius 2 is 1.92 bits per heavy atom. The molecule has 1 aromatic carbocycles. The minimum Gasteiger partial charge on any atom is -0.338 e. The van der Waals surface area contributed by atoms with Crippen LogP contribution in [0.5, 0.6) is 0 Å². The molecule has 1 heterocycles. The molecular formula is C18H26ClF3N2O. The lowest BCUT2D eigenvalue weighted by molar-refractivity contribution is -0.138. The average molecular weight is 379 g/mol. The second kappa shape index (κ2) is 8.90. The van der Waals surface area contributed by atoms with Crippen LogP contribution in [0.1, 0.15) is 50.2 Å². The molecule has 1 fully saturated rings. The molecule has 0 spiro atoms. The van der Waals surface area contributed by atoms with Gasteiger partial charge < -0.3 is 10.6 Å². The van der Waals surface area contributed by atoms with Crippen LogP contribution in [-0.2, 0) is 11.0 Å². The van der Waals surface area contributed by atoms with Crippen molar-refractivity contribution in [3.05, 3.63) is 35.4 Å². The van der Waals surface area contributed by atoms with E-state index in [4.69, 9.17) is 5.73 Å². The van der Waals surface area contributed by atoms with Gasteiger partial charge in [0.25, 0.3) is 0 Å². The SMILES string of the molecule is CC1CCN(C(=O)CC(C)c2ccc(C(F)(F)F)cc2)C(CN)C1.Cl. The van der Waals surface area contributed by atoms with Gasteiger partial charge in [-0.3, -0.25) is 4.79 Å². The van der Waals surface area contributed by atoms with Crippen molar-refractivity contribution in [2.24, 2.45) is 11.7 Å². The summed E-state index contributed by atoms with van der Waals surface area (Å²) in [6.45, 7) is 5.19. The largest absolute Gasteiger partial charge is 0.416 e. The van der Waals surface area contributed by atoms with Crippen molar-refractivity contribution in [1.29, 1.82) is 0 Å². The lowest BCUT2D eigenvalue weighted by atomic mass is 9.90. The van der Waals surface area contributed by atoms with Crippen molar-refractivity contribution in [1.82, 2.24) is 4.90 Å². The van der Waals surface area contributed by atoms with E-state index in [0.717, 1.165) is 30.5 Å². The van der Waals surface area contributed by atoms with E-state index in [-0.39, 0.29) is 36.7 Å². The molecule has 7 heteroatoms. The van der Waals surface area contributed by atoms with Crippen molar-refractivity contribution in [2.75, 3.05) is 13.1 Å². The molecule has 25 heavy (non-hydrogen) atoms. The summed E-state index contributed by atoms with van der Waals surface area (Å²) in [5.74, 6) is 0.470. The average Bonchev–Trinajstić information content (AvgIpc) is 2.53. The first-order valence-corrected chi connectivity index (χ1v) is 8.39. The van der Waals surface area contributed by atoms with Gasteiger partial charge in [-0.25, -0.2) is 0 Å². The third-order valence-corrected chi connectivity index (χ3v) is 4.86. The first-order valence-electron chi connectivity index (χ1n) is 8.39. The molecule has 142 valence electrons. The van der Waals surface area contributed by atoms with E-state index in [1.165, 1.54) is 12.1 Å². The number of hydrogen-bond donors (Lipinski definition) is 1. The molecule has 0 radical (unpaired) electrons. The molecule has 2 rings (SSSR count). The highest BCUT2D eigenvalue weighted by Gasteiger charge is 2.31. The summed E-state index contributed by atoms with van der Waals surface area (Å²) >= 11 is 0. The van der Waals surface area contributed by atoms with Gasteiger partial charge in [0.15, 0.2) is 0 Å². The lowest BCUT2D eigenvalue weighted by Crippen LogP contribution is -2.49. The number of rotatable bonds is 4.